The molecule has 3 aromatic heterocycles. The second-order valence-corrected chi connectivity index (χ2v) is 7.65. The number of hydrogen-bond acceptors (Lipinski definition) is 8. The van der Waals surface area contributed by atoms with E-state index in [1.54, 1.807) is 26.4 Å². The number of nitrogens with one attached hydrogen (secondary N) is 1. The van der Waals surface area contributed by atoms with Crippen LogP contribution in [0.5, 0.6) is 11.5 Å². The van der Waals surface area contributed by atoms with Gasteiger partial charge >= 0.3 is 0 Å². The molecule has 0 radical (unpaired) electrons. The van der Waals surface area contributed by atoms with Gasteiger partial charge in [0.25, 0.3) is 5.56 Å². The minimum Gasteiger partial charge on any atom is -0.497 e. The molecule has 0 spiro atoms. The van der Waals surface area contributed by atoms with Crippen LogP contribution in [0.4, 0.5) is 11.5 Å². The number of ether oxygens (including phenoxy) is 2. The highest BCUT2D eigenvalue weighted by atomic mass is 32.1. The van der Waals surface area contributed by atoms with Crippen LogP contribution in [0, 0.1) is 0 Å². The topological polar surface area (TPSA) is 91.2 Å². The molecule has 0 saturated heterocycles. The minimum absolute atomic E-state index is 0.159. The van der Waals surface area contributed by atoms with E-state index >= 15 is 0 Å². The molecule has 154 valence electrons. The van der Waals surface area contributed by atoms with Crippen LogP contribution in [0.1, 0.15) is 0 Å². The van der Waals surface area contributed by atoms with Crippen LogP contribution < -0.4 is 20.3 Å². The number of nitrogens with zero attached hydrogens (tertiary/aromatic N) is 4. The fourth-order valence-electron chi connectivity index (χ4n) is 3.30. The molecule has 0 aliphatic heterocycles. The first-order chi connectivity index (χ1) is 15.2. The summed E-state index contributed by atoms with van der Waals surface area (Å²) in [5, 5.41) is 4.01. The van der Waals surface area contributed by atoms with Crippen molar-refractivity contribution in [3.63, 3.8) is 0 Å². The Labute approximate surface area is 180 Å². The van der Waals surface area contributed by atoms with Gasteiger partial charge in [0.2, 0.25) is 0 Å². The number of methoxy groups -OCH3 is 2. The lowest BCUT2D eigenvalue weighted by atomic mass is 10.2. The lowest BCUT2D eigenvalue weighted by Crippen LogP contribution is -2.17. The van der Waals surface area contributed by atoms with E-state index in [9.17, 15) is 4.79 Å². The van der Waals surface area contributed by atoms with Crippen molar-refractivity contribution in [1.82, 2.24) is 19.5 Å². The molecule has 5 aromatic rings. The molecule has 2 aromatic carbocycles. The molecule has 9 heteroatoms. The van der Waals surface area contributed by atoms with Crippen LogP contribution in [0.3, 0.4) is 0 Å². The highest BCUT2D eigenvalue weighted by Gasteiger charge is 2.17. The van der Waals surface area contributed by atoms with E-state index in [0.29, 0.717) is 26.6 Å². The van der Waals surface area contributed by atoms with Crippen LogP contribution in [-0.2, 0) is 0 Å². The summed E-state index contributed by atoms with van der Waals surface area (Å²) in [6.45, 7) is 0. The molecule has 3 heterocycles. The highest BCUT2D eigenvalue weighted by molar-refractivity contribution is 7.25. The summed E-state index contributed by atoms with van der Waals surface area (Å²) in [5.41, 5.74) is 1.96. The average Bonchev–Trinajstić information content (AvgIpc) is 3.21. The molecule has 0 amide bonds. The van der Waals surface area contributed by atoms with E-state index < -0.39 is 0 Å². The SMILES string of the molecule is COc1ccc(Nc2ncnc3sc4c(=O)n(-c5ccc(OC)cc5)cnc4c23)cc1. The summed E-state index contributed by atoms with van der Waals surface area (Å²) < 4.78 is 12.4. The lowest BCUT2D eigenvalue weighted by Gasteiger charge is -2.08. The zero-order valence-electron chi connectivity index (χ0n) is 16.7. The van der Waals surface area contributed by atoms with E-state index in [-0.39, 0.29) is 5.56 Å². The lowest BCUT2D eigenvalue weighted by molar-refractivity contribution is 0.414. The van der Waals surface area contributed by atoms with Crippen LogP contribution in [-0.4, -0.2) is 33.7 Å². The van der Waals surface area contributed by atoms with Crippen LogP contribution in [0.15, 0.2) is 66.0 Å². The molecule has 0 aliphatic carbocycles. The predicted molar refractivity (Wildman–Crippen MR) is 121 cm³/mol. The molecule has 0 fully saturated rings. The van der Waals surface area contributed by atoms with Gasteiger partial charge in [-0.2, -0.15) is 0 Å². The van der Waals surface area contributed by atoms with E-state index in [1.165, 1.54) is 28.6 Å². The molecule has 0 aliphatic rings. The quantitative estimate of drug-likeness (QED) is 0.447. The standard InChI is InChI=1S/C22H17N5O3S/c1-29-15-7-3-13(4-8-15)26-20-17-18-19(31-21(17)24-11-23-20)22(28)27(12-25-18)14-5-9-16(30-2)10-6-14/h3-12H,1-2H3,(H,23,24,26). The van der Waals surface area contributed by atoms with Crippen molar-refractivity contribution in [2.24, 2.45) is 0 Å². The number of fused-ring (bicyclic) bond motifs is 3. The highest BCUT2D eigenvalue weighted by Crippen LogP contribution is 2.34. The van der Waals surface area contributed by atoms with Gasteiger partial charge in [-0.15, -0.1) is 11.3 Å². The monoisotopic (exact) mass is 431 g/mol. The summed E-state index contributed by atoms with van der Waals surface area (Å²) in [5.74, 6) is 2.08. The van der Waals surface area contributed by atoms with Crippen LogP contribution >= 0.6 is 11.3 Å². The van der Waals surface area contributed by atoms with Crippen molar-refractivity contribution in [2.45, 2.75) is 0 Å². The molecule has 5 rings (SSSR count). The first-order valence-electron chi connectivity index (χ1n) is 9.38. The largest absolute Gasteiger partial charge is 0.497 e. The second-order valence-electron chi connectivity index (χ2n) is 6.65. The number of anilines is 2. The summed E-state index contributed by atoms with van der Waals surface area (Å²) >= 11 is 1.30. The zero-order valence-corrected chi connectivity index (χ0v) is 17.5. The van der Waals surface area contributed by atoms with Crippen molar-refractivity contribution in [3.05, 3.63) is 71.5 Å². The number of hydrogen-bond donors (Lipinski definition) is 1. The van der Waals surface area contributed by atoms with E-state index in [0.717, 1.165) is 22.6 Å². The van der Waals surface area contributed by atoms with Crippen LogP contribution in [0.2, 0.25) is 0 Å². The summed E-state index contributed by atoms with van der Waals surface area (Å²) in [6, 6.07) is 14.8. The number of aromatic nitrogens is 4. The minimum atomic E-state index is -0.159. The molecule has 0 atom stereocenters. The summed E-state index contributed by atoms with van der Waals surface area (Å²) in [6.07, 6.45) is 3.01. The van der Waals surface area contributed by atoms with Gasteiger partial charge < -0.3 is 14.8 Å². The Hall–Kier alpha value is -3.98. The van der Waals surface area contributed by atoms with Gasteiger partial charge in [0.05, 0.1) is 25.3 Å². The van der Waals surface area contributed by atoms with Crippen molar-refractivity contribution in [3.8, 4) is 17.2 Å². The number of rotatable bonds is 5. The third kappa shape index (κ3) is 3.34. The van der Waals surface area contributed by atoms with E-state index in [4.69, 9.17) is 9.47 Å². The average molecular weight is 431 g/mol. The molecule has 0 bridgehead atoms. The first kappa shape index (κ1) is 19.0. The van der Waals surface area contributed by atoms with Crippen molar-refractivity contribution >= 4 is 43.3 Å². The number of benzene rings is 2. The maximum Gasteiger partial charge on any atom is 0.275 e. The van der Waals surface area contributed by atoms with Gasteiger partial charge in [0.15, 0.2) is 0 Å². The summed E-state index contributed by atoms with van der Waals surface area (Å²) in [4.78, 5) is 27.2. The fraction of sp³-hybridized carbons (Fsp3) is 0.0909. The molecule has 0 unspecified atom stereocenters. The zero-order chi connectivity index (χ0) is 21.4. The molecule has 31 heavy (non-hydrogen) atoms. The maximum atomic E-state index is 13.2. The maximum absolute atomic E-state index is 13.2. The van der Waals surface area contributed by atoms with Gasteiger partial charge in [-0.25, -0.2) is 15.0 Å². The Balaban J connectivity index is 1.62. The Bertz CT molecular complexity index is 1440. The molecule has 8 nitrogen and oxygen atoms in total. The van der Waals surface area contributed by atoms with Gasteiger partial charge in [-0.1, -0.05) is 0 Å². The Kier molecular flexibility index (Phi) is 4.72. The Morgan fingerprint density at radius 1 is 0.903 bits per heavy atom. The van der Waals surface area contributed by atoms with Crippen molar-refractivity contribution < 1.29 is 9.47 Å². The van der Waals surface area contributed by atoms with Gasteiger partial charge in [0.1, 0.15) is 45.0 Å². The van der Waals surface area contributed by atoms with Gasteiger partial charge in [0, 0.05) is 5.69 Å². The normalized spacial score (nSPS) is 11.0. The van der Waals surface area contributed by atoms with Gasteiger partial charge in [-0.3, -0.25) is 9.36 Å². The van der Waals surface area contributed by atoms with E-state index in [1.807, 2.05) is 36.4 Å². The molecular weight excluding hydrogens is 414 g/mol. The predicted octanol–water partition coefficient (Wildman–Crippen LogP) is 4.15. The Morgan fingerprint density at radius 3 is 2.26 bits per heavy atom. The molecule has 1 N–H and O–H groups in total. The van der Waals surface area contributed by atoms with Crippen LogP contribution in [0.25, 0.3) is 26.1 Å². The fourth-order valence-corrected chi connectivity index (χ4v) is 4.32. The summed E-state index contributed by atoms with van der Waals surface area (Å²) in [7, 11) is 3.23. The second kappa shape index (κ2) is 7.69. The third-order valence-corrected chi connectivity index (χ3v) is 5.96. The van der Waals surface area contributed by atoms with E-state index in [2.05, 4.69) is 20.3 Å². The van der Waals surface area contributed by atoms with Gasteiger partial charge in [-0.05, 0) is 48.5 Å². The smallest absolute Gasteiger partial charge is 0.275 e. The molecular formula is C22H17N5O3S. The van der Waals surface area contributed by atoms with Crippen molar-refractivity contribution in [2.75, 3.05) is 19.5 Å². The van der Waals surface area contributed by atoms with Crippen molar-refractivity contribution in [1.29, 1.82) is 0 Å². The molecule has 0 saturated carbocycles. The third-order valence-electron chi connectivity index (χ3n) is 4.88. The number of thiophene rings is 1. The Morgan fingerprint density at radius 2 is 1.58 bits per heavy atom. The first-order valence-corrected chi connectivity index (χ1v) is 10.2.